The molecule has 0 saturated heterocycles. The normalized spacial score (nSPS) is 12.3. The molecule has 1 aromatic rings. The first kappa shape index (κ1) is 20.0. The van der Waals surface area contributed by atoms with Gasteiger partial charge in [-0.05, 0) is 49.3 Å². The molecule has 0 bridgehead atoms. The molecule has 2 heteroatoms. The van der Waals surface area contributed by atoms with Gasteiger partial charge in [-0.3, -0.25) is 0 Å². The summed E-state index contributed by atoms with van der Waals surface area (Å²) in [5.74, 6) is 0.948. The van der Waals surface area contributed by atoms with E-state index in [4.69, 9.17) is 9.84 Å². The molecular formula is C19H34O2. The van der Waals surface area contributed by atoms with Gasteiger partial charge in [-0.25, -0.2) is 0 Å². The molecule has 0 radical (unpaired) electrons. The molecule has 2 nitrogen and oxygen atoms in total. The first-order valence-corrected chi connectivity index (χ1v) is 8.31. The van der Waals surface area contributed by atoms with E-state index < -0.39 is 0 Å². The number of aliphatic hydroxyl groups excluding tert-OH is 1. The molecular weight excluding hydrogens is 260 g/mol. The zero-order valence-electron chi connectivity index (χ0n) is 14.8. The summed E-state index contributed by atoms with van der Waals surface area (Å²) in [5.41, 5.74) is 1.52. The molecule has 0 fully saturated rings. The molecule has 0 saturated carbocycles. The summed E-state index contributed by atoms with van der Waals surface area (Å²) in [6.45, 7) is 13.2. The summed E-state index contributed by atoms with van der Waals surface area (Å²) in [4.78, 5) is 0. The Morgan fingerprint density at radius 3 is 2.05 bits per heavy atom. The van der Waals surface area contributed by atoms with Gasteiger partial charge in [-0.1, -0.05) is 53.2 Å². The molecule has 1 unspecified atom stereocenters. The van der Waals surface area contributed by atoms with Crippen molar-refractivity contribution in [1.82, 2.24) is 0 Å². The Hall–Kier alpha value is -1.02. The molecule has 122 valence electrons. The van der Waals surface area contributed by atoms with Crippen LogP contribution in [0.3, 0.4) is 0 Å². The van der Waals surface area contributed by atoms with E-state index in [1.165, 1.54) is 5.56 Å². The second-order valence-corrected chi connectivity index (χ2v) is 6.32. The molecule has 0 aliphatic rings. The van der Waals surface area contributed by atoms with Gasteiger partial charge in [0.15, 0.2) is 0 Å². The first-order valence-electron chi connectivity index (χ1n) is 8.31. The molecule has 0 aliphatic heterocycles. The largest absolute Gasteiger partial charge is 0.494 e. The van der Waals surface area contributed by atoms with E-state index in [0.717, 1.165) is 38.0 Å². The maximum absolute atomic E-state index is 9.15. The summed E-state index contributed by atoms with van der Waals surface area (Å²) in [7, 11) is 0. The molecule has 0 amide bonds. The van der Waals surface area contributed by atoms with Crippen molar-refractivity contribution in [2.75, 3.05) is 6.61 Å². The maximum atomic E-state index is 9.15. The molecule has 1 atom stereocenters. The van der Waals surface area contributed by atoms with Gasteiger partial charge in [0.25, 0.3) is 0 Å². The van der Waals surface area contributed by atoms with E-state index >= 15 is 0 Å². The van der Waals surface area contributed by atoms with Gasteiger partial charge in [0.2, 0.25) is 0 Å². The number of ether oxygens (including phenoxy) is 1. The lowest BCUT2D eigenvalue weighted by atomic mass is 9.87. The Morgan fingerprint density at radius 1 is 1.00 bits per heavy atom. The monoisotopic (exact) mass is 294 g/mol. The number of hydrogen-bond acceptors (Lipinski definition) is 2. The van der Waals surface area contributed by atoms with Gasteiger partial charge in [0.1, 0.15) is 5.75 Å². The van der Waals surface area contributed by atoms with Crippen LogP contribution in [0.4, 0.5) is 0 Å². The van der Waals surface area contributed by atoms with Crippen LogP contribution in [0.1, 0.15) is 72.8 Å². The van der Waals surface area contributed by atoms with Crippen molar-refractivity contribution < 1.29 is 9.84 Å². The summed E-state index contributed by atoms with van der Waals surface area (Å²) in [6, 6.07) is 8.39. The summed E-state index contributed by atoms with van der Waals surface area (Å²) < 4.78 is 5.72. The van der Waals surface area contributed by atoms with Crippen LogP contribution < -0.4 is 4.74 Å². The van der Waals surface area contributed by atoms with E-state index in [0.29, 0.717) is 0 Å². The average molecular weight is 294 g/mol. The van der Waals surface area contributed by atoms with E-state index in [1.54, 1.807) is 0 Å². The van der Waals surface area contributed by atoms with Gasteiger partial charge in [-0.15, -0.1) is 0 Å². The molecule has 0 heterocycles. The third-order valence-corrected chi connectivity index (χ3v) is 3.26. The fourth-order valence-corrected chi connectivity index (χ4v) is 1.96. The number of unbranched alkanes of at least 4 members (excludes halogenated alkanes) is 2. The first-order chi connectivity index (χ1) is 9.89. The van der Waals surface area contributed by atoms with E-state index in [2.05, 4.69) is 45.0 Å². The quantitative estimate of drug-likeness (QED) is 0.689. The van der Waals surface area contributed by atoms with Crippen molar-refractivity contribution in [3.63, 3.8) is 0 Å². The third kappa shape index (κ3) is 9.52. The van der Waals surface area contributed by atoms with Crippen LogP contribution in [0.5, 0.6) is 5.75 Å². The highest BCUT2D eigenvalue weighted by atomic mass is 16.5. The summed E-state index contributed by atoms with van der Waals surface area (Å²) in [5, 5.41) is 9.15. The lowest BCUT2D eigenvalue weighted by molar-refractivity contribution is 0.179. The minimum Gasteiger partial charge on any atom is -0.494 e. The van der Waals surface area contributed by atoms with E-state index in [1.807, 2.05) is 20.8 Å². The Bertz CT molecular complexity index is 347. The minimum atomic E-state index is -0.175. The van der Waals surface area contributed by atoms with Crippen LogP contribution in [0.15, 0.2) is 24.3 Å². The fraction of sp³-hybridized carbons (Fsp3) is 0.684. The van der Waals surface area contributed by atoms with Crippen molar-refractivity contribution in [2.24, 2.45) is 0 Å². The summed E-state index contributed by atoms with van der Waals surface area (Å²) >= 11 is 0. The minimum absolute atomic E-state index is 0.175. The Balaban J connectivity index is 0.00000191. The predicted octanol–water partition coefficient (Wildman–Crippen LogP) is 5.33. The third-order valence-electron chi connectivity index (χ3n) is 3.26. The van der Waals surface area contributed by atoms with E-state index in [9.17, 15) is 0 Å². The highest BCUT2D eigenvalue weighted by Gasteiger charge is 2.12. The smallest absolute Gasteiger partial charge is 0.119 e. The topological polar surface area (TPSA) is 29.5 Å². The van der Waals surface area contributed by atoms with Crippen LogP contribution in [-0.2, 0) is 5.41 Å². The lowest BCUT2D eigenvalue weighted by Crippen LogP contribution is -2.10. The van der Waals surface area contributed by atoms with Gasteiger partial charge in [-0.2, -0.15) is 0 Å². The van der Waals surface area contributed by atoms with Gasteiger partial charge < -0.3 is 9.84 Å². The van der Waals surface area contributed by atoms with Crippen LogP contribution in [0.25, 0.3) is 0 Å². The molecule has 0 aromatic heterocycles. The van der Waals surface area contributed by atoms with Crippen molar-refractivity contribution in [1.29, 1.82) is 0 Å². The highest BCUT2D eigenvalue weighted by molar-refractivity contribution is 5.31. The molecule has 21 heavy (non-hydrogen) atoms. The van der Waals surface area contributed by atoms with Crippen molar-refractivity contribution >= 4 is 0 Å². The zero-order valence-corrected chi connectivity index (χ0v) is 14.8. The van der Waals surface area contributed by atoms with Crippen molar-refractivity contribution in [2.45, 2.75) is 78.7 Å². The van der Waals surface area contributed by atoms with Gasteiger partial charge in [0, 0.05) is 0 Å². The fourth-order valence-electron chi connectivity index (χ4n) is 1.96. The molecule has 1 aromatic carbocycles. The van der Waals surface area contributed by atoms with E-state index in [-0.39, 0.29) is 11.5 Å². The SMILES string of the molecule is CC.CC(O)CCCCCOc1ccc(C(C)(C)C)cc1. The zero-order chi connectivity index (χ0) is 16.3. The van der Waals surface area contributed by atoms with Crippen LogP contribution >= 0.6 is 0 Å². The maximum Gasteiger partial charge on any atom is 0.119 e. The average Bonchev–Trinajstić information content (AvgIpc) is 2.44. The van der Waals surface area contributed by atoms with Gasteiger partial charge in [0.05, 0.1) is 12.7 Å². The molecule has 1 rings (SSSR count). The number of rotatable bonds is 7. The van der Waals surface area contributed by atoms with Crippen molar-refractivity contribution in [3.05, 3.63) is 29.8 Å². The Morgan fingerprint density at radius 2 is 1.57 bits per heavy atom. The second kappa shape index (κ2) is 10.7. The Kier molecular flexibility index (Phi) is 10.2. The standard InChI is InChI=1S/C17H28O2.C2H6/c1-14(18)8-6-5-7-13-19-16-11-9-15(10-12-16)17(2,3)4;1-2/h9-12,14,18H,5-8,13H2,1-4H3;1-2H3. The Labute approximate surface area is 131 Å². The highest BCUT2D eigenvalue weighted by Crippen LogP contribution is 2.24. The number of hydrogen-bond donors (Lipinski definition) is 1. The second-order valence-electron chi connectivity index (χ2n) is 6.32. The molecule has 1 N–H and O–H groups in total. The van der Waals surface area contributed by atoms with Crippen molar-refractivity contribution in [3.8, 4) is 5.75 Å². The lowest BCUT2D eigenvalue weighted by Gasteiger charge is -2.19. The predicted molar refractivity (Wildman–Crippen MR) is 92.1 cm³/mol. The number of aliphatic hydroxyl groups is 1. The van der Waals surface area contributed by atoms with Gasteiger partial charge >= 0.3 is 0 Å². The van der Waals surface area contributed by atoms with Crippen LogP contribution in [-0.4, -0.2) is 17.8 Å². The summed E-state index contributed by atoms with van der Waals surface area (Å²) in [6.07, 6.45) is 3.95. The molecule has 0 aliphatic carbocycles. The number of benzene rings is 1. The molecule has 0 spiro atoms. The van der Waals surface area contributed by atoms with Crippen LogP contribution in [0, 0.1) is 0 Å². The van der Waals surface area contributed by atoms with Crippen LogP contribution in [0.2, 0.25) is 0 Å².